The van der Waals surface area contributed by atoms with Gasteiger partial charge in [0.05, 0.1) is 23.7 Å². The molecule has 2 N–H and O–H groups in total. The summed E-state index contributed by atoms with van der Waals surface area (Å²) in [7, 11) is 0. The third kappa shape index (κ3) is 4.86. The number of benzene rings is 1. The summed E-state index contributed by atoms with van der Waals surface area (Å²) in [5, 5.41) is 13.5. The van der Waals surface area contributed by atoms with E-state index in [0.717, 1.165) is 0 Å². The van der Waals surface area contributed by atoms with Crippen molar-refractivity contribution in [2.24, 2.45) is 4.99 Å². The third-order valence-electron chi connectivity index (χ3n) is 4.64. The van der Waals surface area contributed by atoms with Crippen LogP contribution in [0.1, 0.15) is 32.4 Å². The molecule has 154 valence electrons. The molecule has 2 atom stereocenters. The number of carbonyl (C=O) groups excluding carboxylic acids is 1. The van der Waals surface area contributed by atoms with Gasteiger partial charge in [0.15, 0.2) is 5.96 Å². The molecule has 3 rings (SSSR count). The third-order valence-corrected chi connectivity index (χ3v) is 4.95. The van der Waals surface area contributed by atoms with Crippen LogP contribution < -0.4 is 5.32 Å². The number of ether oxygens (including phenoxy) is 1. The zero-order valence-electron chi connectivity index (χ0n) is 16.3. The maximum absolute atomic E-state index is 13.6. The molecular formula is C19H26ClFN4O3. The summed E-state index contributed by atoms with van der Waals surface area (Å²) in [5.74, 6) is 0.122. The molecule has 1 aromatic carbocycles. The van der Waals surface area contributed by atoms with E-state index in [9.17, 15) is 14.3 Å². The molecule has 9 heteroatoms. The molecule has 7 nitrogen and oxygen atoms in total. The number of hydrogen-bond acceptors (Lipinski definition) is 6. The highest BCUT2D eigenvalue weighted by Crippen LogP contribution is 2.21. The Morgan fingerprint density at radius 1 is 1.46 bits per heavy atom. The lowest BCUT2D eigenvalue weighted by Gasteiger charge is -2.39. The lowest BCUT2D eigenvalue weighted by atomic mass is 10.1. The van der Waals surface area contributed by atoms with Crippen LogP contribution in [0.5, 0.6) is 0 Å². The molecule has 0 saturated carbocycles. The van der Waals surface area contributed by atoms with Crippen LogP contribution in [0.4, 0.5) is 9.18 Å². The highest BCUT2D eigenvalue weighted by atomic mass is 35.5. The summed E-state index contributed by atoms with van der Waals surface area (Å²) >= 11 is 5.68. The molecule has 0 aromatic heterocycles. The van der Waals surface area contributed by atoms with Gasteiger partial charge in [-0.1, -0.05) is 17.7 Å². The van der Waals surface area contributed by atoms with Crippen LogP contribution in [-0.4, -0.2) is 71.3 Å². The van der Waals surface area contributed by atoms with Crippen LogP contribution in [0.3, 0.4) is 0 Å². The number of carbonyl (C=O) groups is 1. The highest BCUT2D eigenvalue weighted by molar-refractivity contribution is 6.30. The monoisotopic (exact) mass is 412 g/mol. The Hall–Kier alpha value is -2.06. The standard InChI is InChI=1S/C19H26ClFN4O3/c1-19(2,3)28-18(27)24-6-7-25-13(11-24)9-22-17(25)23-10-16(26)12-4-5-14(20)15(21)8-12/h4-5,8,13,16,26H,6-7,9-11H2,1-3H3,(H,22,23). The molecule has 2 unspecified atom stereocenters. The van der Waals surface area contributed by atoms with Gasteiger partial charge in [-0.05, 0) is 38.5 Å². The molecule has 0 aliphatic carbocycles. The van der Waals surface area contributed by atoms with Gasteiger partial charge in [-0.25, -0.2) is 9.18 Å². The molecule has 28 heavy (non-hydrogen) atoms. The van der Waals surface area contributed by atoms with Crippen molar-refractivity contribution >= 4 is 23.7 Å². The van der Waals surface area contributed by atoms with Crippen LogP contribution in [0.2, 0.25) is 5.02 Å². The lowest BCUT2D eigenvalue weighted by Crippen LogP contribution is -2.57. The molecule has 1 saturated heterocycles. The molecule has 1 fully saturated rings. The first kappa shape index (κ1) is 20.7. The van der Waals surface area contributed by atoms with Gasteiger partial charge in [-0.15, -0.1) is 0 Å². The minimum Gasteiger partial charge on any atom is -0.444 e. The Morgan fingerprint density at radius 2 is 2.21 bits per heavy atom. The van der Waals surface area contributed by atoms with Gasteiger partial charge in [0.25, 0.3) is 0 Å². The second-order valence-electron chi connectivity index (χ2n) is 8.01. The first-order chi connectivity index (χ1) is 13.1. The summed E-state index contributed by atoms with van der Waals surface area (Å²) in [6.07, 6.45) is -1.20. The Morgan fingerprint density at radius 3 is 2.89 bits per heavy atom. The average Bonchev–Trinajstić information content (AvgIpc) is 3.02. The second-order valence-corrected chi connectivity index (χ2v) is 8.42. The molecule has 0 radical (unpaired) electrons. The first-order valence-corrected chi connectivity index (χ1v) is 9.68. The summed E-state index contributed by atoms with van der Waals surface area (Å²) in [6.45, 7) is 8.00. The lowest BCUT2D eigenvalue weighted by molar-refractivity contribution is 0.0137. The van der Waals surface area contributed by atoms with Crippen molar-refractivity contribution in [1.29, 1.82) is 0 Å². The number of fused-ring (bicyclic) bond motifs is 1. The number of guanidine groups is 1. The molecular weight excluding hydrogens is 387 g/mol. The number of nitrogens with one attached hydrogen (secondary N) is 1. The van der Waals surface area contributed by atoms with Crippen molar-refractivity contribution in [3.8, 4) is 0 Å². The van der Waals surface area contributed by atoms with E-state index in [4.69, 9.17) is 16.3 Å². The molecule has 1 amide bonds. The quantitative estimate of drug-likeness (QED) is 0.797. The van der Waals surface area contributed by atoms with Crippen molar-refractivity contribution in [3.63, 3.8) is 0 Å². The van der Waals surface area contributed by atoms with Crippen LogP contribution in [0, 0.1) is 5.82 Å². The number of amides is 1. The Bertz CT molecular complexity index is 768. The fourth-order valence-electron chi connectivity index (χ4n) is 3.25. The minimum absolute atomic E-state index is 0.0229. The van der Waals surface area contributed by atoms with E-state index in [0.29, 0.717) is 37.7 Å². The van der Waals surface area contributed by atoms with Crippen molar-refractivity contribution in [2.75, 3.05) is 32.7 Å². The fraction of sp³-hybridized carbons (Fsp3) is 0.579. The van der Waals surface area contributed by atoms with E-state index in [1.807, 2.05) is 20.8 Å². The number of rotatable bonds is 3. The summed E-state index contributed by atoms with van der Waals surface area (Å²) < 4.78 is 19.0. The molecule has 2 aliphatic rings. The number of aliphatic hydroxyl groups is 1. The van der Waals surface area contributed by atoms with E-state index in [1.165, 1.54) is 12.1 Å². The van der Waals surface area contributed by atoms with Gasteiger partial charge in [0.1, 0.15) is 11.4 Å². The maximum atomic E-state index is 13.6. The van der Waals surface area contributed by atoms with E-state index >= 15 is 0 Å². The number of halogens is 2. The highest BCUT2D eigenvalue weighted by Gasteiger charge is 2.36. The smallest absolute Gasteiger partial charge is 0.410 e. The van der Waals surface area contributed by atoms with Gasteiger partial charge in [0.2, 0.25) is 0 Å². The Kier molecular flexibility index (Phi) is 6.00. The number of aliphatic hydroxyl groups excluding tert-OH is 1. The molecule has 0 bridgehead atoms. The maximum Gasteiger partial charge on any atom is 0.410 e. The summed E-state index contributed by atoms with van der Waals surface area (Å²) in [5.41, 5.74) is -0.0796. The first-order valence-electron chi connectivity index (χ1n) is 9.30. The topological polar surface area (TPSA) is 77.4 Å². The number of nitrogens with zero attached hydrogens (tertiary/aromatic N) is 3. The van der Waals surface area contributed by atoms with Crippen molar-refractivity contribution in [1.82, 2.24) is 15.1 Å². The van der Waals surface area contributed by atoms with Crippen molar-refractivity contribution in [3.05, 3.63) is 34.6 Å². The van der Waals surface area contributed by atoms with Crippen LogP contribution >= 0.6 is 11.6 Å². The van der Waals surface area contributed by atoms with Gasteiger partial charge >= 0.3 is 6.09 Å². The van der Waals surface area contributed by atoms with Gasteiger partial charge < -0.3 is 25.0 Å². The summed E-state index contributed by atoms with van der Waals surface area (Å²) in [4.78, 5) is 20.6. The van der Waals surface area contributed by atoms with E-state index in [-0.39, 0.29) is 23.7 Å². The number of aliphatic imine (C=N–C) groups is 1. The molecule has 0 spiro atoms. The zero-order valence-corrected chi connectivity index (χ0v) is 17.0. The van der Waals surface area contributed by atoms with Gasteiger partial charge in [0, 0.05) is 26.2 Å². The second kappa shape index (κ2) is 8.13. The normalized spacial score (nSPS) is 20.5. The van der Waals surface area contributed by atoms with E-state index < -0.39 is 17.5 Å². The molecule has 2 aliphatic heterocycles. The Labute approximate surface area is 169 Å². The fourth-order valence-corrected chi connectivity index (χ4v) is 3.37. The summed E-state index contributed by atoms with van der Waals surface area (Å²) in [6, 6.07) is 4.33. The van der Waals surface area contributed by atoms with Crippen molar-refractivity contribution < 1.29 is 19.0 Å². The Balaban J connectivity index is 1.52. The predicted molar refractivity (Wildman–Crippen MR) is 105 cm³/mol. The van der Waals surface area contributed by atoms with E-state index in [1.54, 1.807) is 11.0 Å². The minimum atomic E-state index is -0.892. The van der Waals surface area contributed by atoms with E-state index in [2.05, 4.69) is 15.2 Å². The van der Waals surface area contributed by atoms with Gasteiger partial charge in [-0.2, -0.15) is 0 Å². The largest absolute Gasteiger partial charge is 0.444 e. The van der Waals surface area contributed by atoms with Crippen molar-refractivity contribution in [2.45, 2.75) is 38.5 Å². The van der Waals surface area contributed by atoms with Gasteiger partial charge in [-0.3, -0.25) is 4.99 Å². The number of piperazine rings is 1. The van der Waals surface area contributed by atoms with Crippen LogP contribution in [-0.2, 0) is 4.74 Å². The average molecular weight is 413 g/mol. The molecule has 2 heterocycles. The van der Waals surface area contributed by atoms with Crippen LogP contribution in [0.25, 0.3) is 0 Å². The zero-order chi connectivity index (χ0) is 20.5. The SMILES string of the molecule is CC(C)(C)OC(=O)N1CCN2C(NCC(O)c3ccc(Cl)c(F)c3)=NCC2C1. The molecule has 1 aromatic rings. The predicted octanol–water partition coefficient (Wildman–Crippen LogP) is 2.39. The number of hydrogen-bond donors (Lipinski definition) is 2. The van der Waals surface area contributed by atoms with Crippen LogP contribution in [0.15, 0.2) is 23.2 Å².